The molecule has 2 aliphatic heterocycles. The van der Waals surface area contributed by atoms with Crippen LogP contribution in [0.1, 0.15) is 23.6 Å². The SMILES string of the molecule is CC(C#Cc1cnc2c(c1)[C@]1(COC(N)=N1)c1cc(-c3cccnc3F)ccc1O2)(CO)CCl. The summed E-state index contributed by atoms with van der Waals surface area (Å²) in [5.41, 5.74) is 6.98. The summed E-state index contributed by atoms with van der Waals surface area (Å²) in [7, 11) is 0. The van der Waals surface area contributed by atoms with Crippen LogP contribution in [0.25, 0.3) is 11.1 Å². The van der Waals surface area contributed by atoms with Crippen molar-refractivity contribution in [1.29, 1.82) is 0 Å². The molecule has 4 heterocycles. The molecule has 9 heteroatoms. The number of aliphatic hydroxyl groups is 1. The lowest BCUT2D eigenvalue weighted by Gasteiger charge is -2.33. The van der Waals surface area contributed by atoms with E-state index in [0.717, 1.165) is 0 Å². The number of fused-ring (bicyclic) bond motifs is 4. The Bertz CT molecular complexity index is 1380. The molecule has 0 bridgehead atoms. The number of nitrogens with two attached hydrogens (primary N) is 1. The van der Waals surface area contributed by atoms with Gasteiger partial charge in [0.2, 0.25) is 11.8 Å². The maximum atomic E-state index is 14.4. The van der Waals surface area contributed by atoms with Gasteiger partial charge < -0.3 is 20.3 Å². The molecule has 0 saturated carbocycles. The molecule has 34 heavy (non-hydrogen) atoms. The van der Waals surface area contributed by atoms with E-state index >= 15 is 0 Å². The van der Waals surface area contributed by atoms with E-state index in [1.54, 1.807) is 43.5 Å². The summed E-state index contributed by atoms with van der Waals surface area (Å²) in [6.07, 6.45) is 2.98. The van der Waals surface area contributed by atoms with Crippen molar-refractivity contribution in [3.8, 4) is 34.6 Å². The molecule has 0 radical (unpaired) electrons. The molecule has 7 nitrogen and oxygen atoms in total. The fourth-order valence-electron chi connectivity index (χ4n) is 3.90. The van der Waals surface area contributed by atoms with Gasteiger partial charge in [0.05, 0.1) is 17.6 Å². The third kappa shape index (κ3) is 3.63. The van der Waals surface area contributed by atoms with E-state index in [4.69, 9.17) is 26.8 Å². The average molecular weight is 479 g/mol. The van der Waals surface area contributed by atoms with Crippen LogP contribution in [0.5, 0.6) is 11.6 Å². The third-order valence-corrected chi connectivity index (χ3v) is 6.47. The minimum absolute atomic E-state index is 0.0308. The highest BCUT2D eigenvalue weighted by Gasteiger charge is 2.48. The van der Waals surface area contributed by atoms with Crippen LogP contribution in [-0.4, -0.2) is 40.2 Å². The molecule has 1 unspecified atom stereocenters. The first-order chi connectivity index (χ1) is 16.4. The highest BCUT2D eigenvalue weighted by Crippen LogP contribution is 2.51. The van der Waals surface area contributed by atoms with Gasteiger partial charge in [-0.1, -0.05) is 17.9 Å². The number of halogens is 2. The first-order valence-corrected chi connectivity index (χ1v) is 11.0. The number of rotatable bonds is 3. The standard InChI is InChI=1S/C25H20ClFN4O3/c1-24(12-26,13-32)7-6-15-9-19-22(30-11-15)34-20-5-4-16(17-3-2-8-29-21(17)27)10-18(20)25(19)14-33-23(28)31-25/h2-5,8-11,32H,12-14H2,1H3,(H2,28,31)/t24?,25-/m0/s1. The second-order valence-electron chi connectivity index (χ2n) is 8.43. The lowest BCUT2D eigenvalue weighted by Crippen LogP contribution is -2.31. The van der Waals surface area contributed by atoms with Crippen molar-refractivity contribution >= 4 is 17.6 Å². The van der Waals surface area contributed by atoms with Crippen LogP contribution in [-0.2, 0) is 10.3 Å². The molecule has 1 aromatic carbocycles. The minimum atomic E-state index is -1.04. The number of aliphatic imine (C=N–C) groups is 1. The Labute approximate surface area is 200 Å². The van der Waals surface area contributed by atoms with Gasteiger partial charge in [0.25, 0.3) is 6.02 Å². The number of alkyl halides is 1. The highest BCUT2D eigenvalue weighted by molar-refractivity contribution is 6.18. The normalized spacial score (nSPS) is 19.6. The van der Waals surface area contributed by atoms with Crippen molar-refractivity contribution in [2.45, 2.75) is 12.5 Å². The number of aromatic nitrogens is 2. The molecule has 2 atom stereocenters. The van der Waals surface area contributed by atoms with Crippen molar-refractivity contribution in [3.05, 3.63) is 71.4 Å². The van der Waals surface area contributed by atoms with Crippen LogP contribution in [0.3, 0.4) is 0 Å². The maximum absolute atomic E-state index is 14.4. The smallest absolute Gasteiger partial charge is 0.283 e. The Morgan fingerprint density at radius 3 is 2.82 bits per heavy atom. The third-order valence-electron chi connectivity index (χ3n) is 5.88. The summed E-state index contributed by atoms with van der Waals surface area (Å²) in [4.78, 5) is 12.8. The van der Waals surface area contributed by atoms with E-state index in [2.05, 4.69) is 26.8 Å². The average Bonchev–Trinajstić information content (AvgIpc) is 3.25. The number of hydrogen-bond acceptors (Lipinski definition) is 7. The summed E-state index contributed by atoms with van der Waals surface area (Å²) in [6, 6.07) is 10.5. The van der Waals surface area contributed by atoms with E-state index in [1.807, 2.05) is 6.07 Å². The number of hydrogen-bond donors (Lipinski definition) is 2. The van der Waals surface area contributed by atoms with E-state index in [9.17, 15) is 9.50 Å². The van der Waals surface area contributed by atoms with Gasteiger partial charge in [-0.25, -0.2) is 15.0 Å². The largest absolute Gasteiger partial charge is 0.462 e. The molecule has 2 aliphatic rings. The Morgan fingerprint density at radius 2 is 2.12 bits per heavy atom. The van der Waals surface area contributed by atoms with Gasteiger partial charge in [0.15, 0.2) is 5.54 Å². The van der Waals surface area contributed by atoms with E-state index in [0.29, 0.717) is 39.4 Å². The van der Waals surface area contributed by atoms with Gasteiger partial charge in [-0.15, -0.1) is 11.6 Å². The van der Waals surface area contributed by atoms with Crippen molar-refractivity contribution in [2.75, 3.05) is 19.1 Å². The van der Waals surface area contributed by atoms with Crippen LogP contribution in [0.2, 0.25) is 0 Å². The molecule has 0 amide bonds. The molecular weight excluding hydrogens is 459 g/mol. The Kier molecular flexibility index (Phi) is 5.39. The highest BCUT2D eigenvalue weighted by atomic mass is 35.5. The van der Waals surface area contributed by atoms with Crippen molar-refractivity contribution in [1.82, 2.24) is 9.97 Å². The van der Waals surface area contributed by atoms with Gasteiger partial charge in [-0.3, -0.25) is 0 Å². The van der Waals surface area contributed by atoms with Gasteiger partial charge in [-0.2, -0.15) is 4.39 Å². The Balaban J connectivity index is 1.66. The molecule has 172 valence electrons. The maximum Gasteiger partial charge on any atom is 0.283 e. The van der Waals surface area contributed by atoms with Crippen LogP contribution in [0, 0.1) is 23.2 Å². The quantitative estimate of drug-likeness (QED) is 0.339. The van der Waals surface area contributed by atoms with E-state index < -0.39 is 16.9 Å². The molecule has 2 aromatic heterocycles. The zero-order valence-corrected chi connectivity index (χ0v) is 18.9. The van der Waals surface area contributed by atoms with Crippen LogP contribution >= 0.6 is 11.6 Å². The molecule has 5 rings (SSSR count). The van der Waals surface area contributed by atoms with Gasteiger partial charge in [0, 0.05) is 35.0 Å². The first-order valence-electron chi connectivity index (χ1n) is 10.5. The summed E-state index contributed by atoms with van der Waals surface area (Å²) in [5.74, 6) is 6.51. The topological polar surface area (TPSA) is 103 Å². The number of pyridine rings is 2. The fraction of sp³-hybridized carbons (Fsp3) is 0.240. The lowest BCUT2D eigenvalue weighted by molar-refractivity contribution is 0.209. The predicted octanol–water partition coefficient (Wildman–Crippen LogP) is 3.57. The molecule has 0 saturated heterocycles. The Morgan fingerprint density at radius 1 is 1.26 bits per heavy atom. The number of aliphatic hydroxyl groups excluding tert-OH is 1. The zero-order valence-electron chi connectivity index (χ0n) is 18.2. The number of nitrogens with zero attached hydrogens (tertiary/aromatic N) is 3. The van der Waals surface area contributed by atoms with Gasteiger partial charge >= 0.3 is 0 Å². The molecule has 0 aliphatic carbocycles. The summed E-state index contributed by atoms with van der Waals surface area (Å²) in [6.45, 7) is 1.72. The van der Waals surface area contributed by atoms with Crippen molar-refractivity contribution < 1.29 is 19.0 Å². The van der Waals surface area contributed by atoms with Crippen LogP contribution in [0.15, 0.2) is 53.8 Å². The number of benzene rings is 1. The fourth-order valence-corrected chi connectivity index (χ4v) is 4.06. The molecular formula is C25H20ClFN4O3. The molecule has 3 N–H and O–H groups in total. The second-order valence-corrected chi connectivity index (χ2v) is 8.70. The molecule has 3 aromatic rings. The predicted molar refractivity (Wildman–Crippen MR) is 125 cm³/mol. The first kappa shape index (κ1) is 22.1. The molecule has 0 fully saturated rings. The minimum Gasteiger partial charge on any atom is -0.462 e. The van der Waals surface area contributed by atoms with Crippen molar-refractivity contribution in [3.63, 3.8) is 0 Å². The lowest BCUT2D eigenvalue weighted by atomic mass is 9.81. The number of amidine groups is 1. The van der Waals surface area contributed by atoms with Crippen LogP contribution in [0.4, 0.5) is 4.39 Å². The summed E-state index contributed by atoms with van der Waals surface area (Å²) in [5, 5.41) is 9.60. The van der Waals surface area contributed by atoms with E-state index in [-0.39, 0.29) is 25.1 Å². The van der Waals surface area contributed by atoms with Crippen molar-refractivity contribution in [2.24, 2.45) is 16.1 Å². The summed E-state index contributed by atoms with van der Waals surface area (Å²) >= 11 is 5.96. The zero-order chi connectivity index (χ0) is 23.9. The van der Waals surface area contributed by atoms with Gasteiger partial charge in [0.1, 0.15) is 12.4 Å². The summed E-state index contributed by atoms with van der Waals surface area (Å²) < 4.78 is 26.1. The second kappa shape index (κ2) is 8.28. The van der Waals surface area contributed by atoms with Crippen LogP contribution < -0.4 is 10.5 Å². The molecule has 1 spiro atoms. The van der Waals surface area contributed by atoms with E-state index in [1.165, 1.54) is 6.20 Å². The Hall–Kier alpha value is -3.67. The van der Waals surface area contributed by atoms with Gasteiger partial charge in [-0.05, 0) is 42.8 Å². The monoisotopic (exact) mass is 478 g/mol. The number of ether oxygens (including phenoxy) is 2.